The molecule has 0 aliphatic carbocycles. The Balaban J connectivity index is 1.69. The van der Waals surface area contributed by atoms with Gasteiger partial charge in [0.25, 0.3) is 0 Å². The van der Waals surface area contributed by atoms with Crippen LogP contribution in [0.5, 0.6) is 0 Å². The maximum absolute atomic E-state index is 11.7. The number of hydrogen-bond acceptors (Lipinski definition) is 4. The first-order valence-corrected chi connectivity index (χ1v) is 8.19. The van der Waals surface area contributed by atoms with Crippen molar-refractivity contribution in [2.24, 2.45) is 5.92 Å². The lowest BCUT2D eigenvalue weighted by Gasteiger charge is -2.09. The van der Waals surface area contributed by atoms with E-state index in [1.165, 1.54) is 4.70 Å². The summed E-state index contributed by atoms with van der Waals surface area (Å²) in [6, 6.07) is 8.01. The Morgan fingerprint density at radius 2 is 2.14 bits per heavy atom. The highest BCUT2D eigenvalue weighted by atomic mass is 32.1. The van der Waals surface area contributed by atoms with Crippen LogP contribution in [-0.2, 0) is 16.0 Å². The number of aliphatic carboxylic acids is 1. The number of aryl methyl sites for hydroxylation is 1. The van der Waals surface area contributed by atoms with Crippen molar-refractivity contribution < 1.29 is 14.7 Å². The van der Waals surface area contributed by atoms with Crippen LogP contribution >= 0.6 is 11.3 Å². The molecule has 2 N–H and O–H groups in total. The zero-order chi connectivity index (χ0) is 15.9. The van der Waals surface area contributed by atoms with Gasteiger partial charge in [-0.3, -0.25) is 9.59 Å². The number of carboxylic acids is 1. The van der Waals surface area contributed by atoms with Gasteiger partial charge in [-0.05, 0) is 30.9 Å². The number of carbonyl (C=O) groups is 2. The van der Waals surface area contributed by atoms with Crippen molar-refractivity contribution in [2.45, 2.75) is 32.6 Å². The molecule has 118 valence electrons. The number of carbonyl (C=O) groups excluding carboxylic acids is 1. The van der Waals surface area contributed by atoms with E-state index in [2.05, 4.69) is 10.3 Å². The molecule has 6 heteroatoms. The van der Waals surface area contributed by atoms with E-state index in [-0.39, 0.29) is 18.2 Å². The zero-order valence-electron chi connectivity index (χ0n) is 12.5. The van der Waals surface area contributed by atoms with E-state index in [0.29, 0.717) is 13.0 Å². The lowest BCUT2D eigenvalue weighted by Crippen LogP contribution is -2.29. The molecule has 0 bridgehead atoms. The van der Waals surface area contributed by atoms with Crippen molar-refractivity contribution in [1.29, 1.82) is 0 Å². The largest absolute Gasteiger partial charge is 0.481 e. The van der Waals surface area contributed by atoms with E-state index in [0.717, 1.165) is 23.4 Å². The number of nitrogens with zero attached hydrogens (tertiary/aromatic N) is 1. The summed E-state index contributed by atoms with van der Waals surface area (Å²) in [4.78, 5) is 26.8. The second-order valence-corrected chi connectivity index (χ2v) is 6.55. The van der Waals surface area contributed by atoms with Crippen molar-refractivity contribution in [2.75, 3.05) is 6.54 Å². The molecule has 5 nitrogen and oxygen atoms in total. The number of fused-ring (bicyclic) bond motifs is 1. The van der Waals surface area contributed by atoms with Crippen LogP contribution in [-0.4, -0.2) is 28.5 Å². The molecule has 1 heterocycles. The molecule has 0 saturated carbocycles. The Morgan fingerprint density at radius 3 is 2.86 bits per heavy atom. The van der Waals surface area contributed by atoms with E-state index in [1.54, 1.807) is 11.3 Å². The predicted molar refractivity (Wildman–Crippen MR) is 87.0 cm³/mol. The summed E-state index contributed by atoms with van der Waals surface area (Å²) in [6.07, 6.45) is 2.05. The maximum atomic E-state index is 11.7. The van der Waals surface area contributed by atoms with Gasteiger partial charge < -0.3 is 10.4 Å². The first kappa shape index (κ1) is 16.4. The van der Waals surface area contributed by atoms with Gasteiger partial charge in [-0.2, -0.15) is 0 Å². The van der Waals surface area contributed by atoms with E-state index < -0.39 is 5.97 Å². The summed E-state index contributed by atoms with van der Waals surface area (Å²) in [7, 11) is 0. The molecule has 0 spiro atoms. The number of aromatic nitrogens is 1. The molecule has 1 unspecified atom stereocenters. The number of amides is 1. The van der Waals surface area contributed by atoms with Gasteiger partial charge in [0.05, 0.1) is 15.2 Å². The third-order valence-corrected chi connectivity index (χ3v) is 4.40. The van der Waals surface area contributed by atoms with Crippen molar-refractivity contribution >= 4 is 33.4 Å². The van der Waals surface area contributed by atoms with Gasteiger partial charge in [0.15, 0.2) is 0 Å². The fourth-order valence-corrected chi connectivity index (χ4v) is 3.18. The highest BCUT2D eigenvalue weighted by Crippen LogP contribution is 2.22. The van der Waals surface area contributed by atoms with Gasteiger partial charge in [-0.25, -0.2) is 4.98 Å². The van der Waals surface area contributed by atoms with Crippen molar-refractivity contribution in [3.8, 4) is 0 Å². The number of thiazole rings is 1. The Morgan fingerprint density at radius 1 is 1.36 bits per heavy atom. The third-order valence-electron chi connectivity index (χ3n) is 3.30. The summed E-state index contributed by atoms with van der Waals surface area (Å²) >= 11 is 1.67. The Labute approximate surface area is 133 Å². The minimum absolute atomic E-state index is 0.0293. The van der Waals surface area contributed by atoms with Crippen LogP contribution in [0.15, 0.2) is 24.3 Å². The molecule has 0 aliphatic heterocycles. The normalized spacial score (nSPS) is 12.2. The summed E-state index contributed by atoms with van der Waals surface area (Å²) in [5.41, 5.74) is 1.01. The molecule has 22 heavy (non-hydrogen) atoms. The molecule has 1 aromatic carbocycles. The molecule has 0 radical (unpaired) electrons. The quantitative estimate of drug-likeness (QED) is 0.784. The number of nitrogens with one attached hydrogen (secondary N) is 1. The fraction of sp³-hybridized carbons (Fsp3) is 0.438. The summed E-state index contributed by atoms with van der Waals surface area (Å²) in [5.74, 6) is -0.915. The standard InChI is InChI=1S/C16H20N2O3S/c1-11(9-16(20)21)10-17-14(19)7-4-8-15-18-12-5-2-3-6-13(12)22-15/h2-3,5-6,11H,4,7-10H2,1H3,(H,17,19)(H,20,21). The first-order valence-electron chi connectivity index (χ1n) is 7.37. The summed E-state index contributed by atoms with van der Waals surface area (Å²) in [6.45, 7) is 2.22. The minimum atomic E-state index is -0.836. The smallest absolute Gasteiger partial charge is 0.303 e. The first-order chi connectivity index (χ1) is 10.5. The van der Waals surface area contributed by atoms with Crippen molar-refractivity contribution in [3.05, 3.63) is 29.3 Å². The Hall–Kier alpha value is -1.95. The lowest BCUT2D eigenvalue weighted by molar-refractivity contribution is -0.138. The molecule has 0 saturated heterocycles. The number of hydrogen-bond donors (Lipinski definition) is 2. The molecule has 1 aromatic heterocycles. The van der Waals surface area contributed by atoms with Crippen LogP contribution in [0.1, 0.15) is 31.2 Å². The van der Waals surface area contributed by atoms with E-state index in [1.807, 2.05) is 31.2 Å². The van der Waals surface area contributed by atoms with Crippen LogP contribution in [0.25, 0.3) is 10.2 Å². The van der Waals surface area contributed by atoms with Gasteiger partial charge in [-0.1, -0.05) is 19.1 Å². The predicted octanol–water partition coefficient (Wildman–Crippen LogP) is 2.85. The highest BCUT2D eigenvalue weighted by Gasteiger charge is 2.10. The number of rotatable bonds is 8. The van der Waals surface area contributed by atoms with Crippen molar-refractivity contribution in [1.82, 2.24) is 10.3 Å². The van der Waals surface area contributed by atoms with Gasteiger partial charge in [0.2, 0.25) is 5.91 Å². The molecular formula is C16H20N2O3S. The van der Waals surface area contributed by atoms with Crippen LogP contribution in [0, 0.1) is 5.92 Å². The lowest BCUT2D eigenvalue weighted by atomic mass is 10.1. The molecule has 0 fully saturated rings. The van der Waals surface area contributed by atoms with E-state index in [4.69, 9.17) is 5.11 Å². The van der Waals surface area contributed by atoms with Gasteiger partial charge >= 0.3 is 5.97 Å². The zero-order valence-corrected chi connectivity index (χ0v) is 13.4. The van der Waals surface area contributed by atoms with Crippen LogP contribution in [0.4, 0.5) is 0 Å². The van der Waals surface area contributed by atoms with Crippen LogP contribution in [0.3, 0.4) is 0 Å². The summed E-state index contributed by atoms with van der Waals surface area (Å²) in [5, 5.41) is 12.5. The third kappa shape index (κ3) is 5.11. The minimum Gasteiger partial charge on any atom is -0.481 e. The number of para-hydroxylation sites is 1. The molecule has 2 aromatic rings. The van der Waals surface area contributed by atoms with Gasteiger partial charge in [0.1, 0.15) is 0 Å². The average Bonchev–Trinajstić information content (AvgIpc) is 2.87. The Bertz CT molecular complexity index is 621. The second-order valence-electron chi connectivity index (χ2n) is 5.44. The van der Waals surface area contributed by atoms with Crippen LogP contribution < -0.4 is 5.32 Å². The van der Waals surface area contributed by atoms with Gasteiger partial charge in [-0.15, -0.1) is 11.3 Å². The monoisotopic (exact) mass is 320 g/mol. The second kappa shape index (κ2) is 7.89. The molecular weight excluding hydrogens is 300 g/mol. The molecule has 0 aliphatic rings. The van der Waals surface area contributed by atoms with Gasteiger partial charge in [0, 0.05) is 19.4 Å². The van der Waals surface area contributed by atoms with Crippen LogP contribution in [0.2, 0.25) is 0 Å². The summed E-state index contributed by atoms with van der Waals surface area (Å²) < 4.78 is 1.17. The number of carboxylic acid groups (broad SMARTS) is 1. The van der Waals surface area contributed by atoms with E-state index >= 15 is 0 Å². The van der Waals surface area contributed by atoms with E-state index in [9.17, 15) is 9.59 Å². The Kier molecular flexibility index (Phi) is 5.89. The SMILES string of the molecule is CC(CNC(=O)CCCc1nc2ccccc2s1)CC(=O)O. The fourth-order valence-electron chi connectivity index (χ4n) is 2.17. The number of benzene rings is 1. The van der Waals surface area contributed by atoms with Crippen molar-refractivity contribution in [3.63, 3.8) is 0 Å². The topological polar surface area (TPSA) is 79.3 Å². The molecule has 2 rings (SSSR count). The maximum Gasteiger partial charge on any atom is 0.303 e. The average molecular weight is 320 g/mol. The molecule has 1 atom stereocenters. The molecule has 1 amide bonds. The highest BCUT2D eigenvalue weighted by molar-refractivity contribution is 7.18.